The van der Waals surface area contributed by atoms with Gasteiger partial charge in [-0.05, 0) is 0 Å². The molecule has 118 valence electrons. The lowest BCUT2D eigenvalue weighted by molar-refractivity contribution is -0.144. The summed E-state index contributed by atoms with van der Waals surface area (Å²) in [6, 6.07) is -0.899. The van der Waals surface area contributed by atoms with E-state index in [4.69, 9.17) is 10.3 Å². The fourth-order valence-electron chi connectivity index (χ4n) is 1.93. The van der Waals surface area contributed by atoms with Gasteiger partial charge in [-0.3, -0.25) is 14.4 Å². The van der Waals surface area contributed by atoms with Gasteiger partial charge in [-0.15, -0.1) is 11.8 Å². The normalized spacial score (nSPS) is 24.0. The van der Waals surface area contributed by atoms with Crippen molar-refractivity contribution in [3.8, 4) is 0 Å². The van der Waals surface area contributed by atoms with Crippen molar-refractivity contribution >= 4 is 57.0 Å². The first-order valence-corrected chi connectivity index (χ1v) is 8.07. The van der Waals surface area contributed by atoms with Crippen molar-refractivity contribution in [2.75, 3.05) is 11.1 Å². The van der Waals surface area contributed by atoms with Crippen molar-refractivity contribution in [3.05, 3.63) is 11.8 Å². The Morgan fingerprint density at radius 3 is 2.73 bits per heavy atom. The standard InChI is InChI=1S/C11H10BrN3O6S/c12-1-5(16)6(14-21)8(17)13-7-9(18)15-2-4(11(19)20)3-22-10(7)15/h2,7,10,21H,1,3H2,(H,13,17)(H,19,20)/t7?,10-/m1/s1. The van der Waals surface area contributed by atoms with E-state index in [-0.39, 0.29) is 16.7 Å². The van der Waals surface area contributed by atoms with Gasteiger partial charge in [0.25, 0.3) is 11.8 Å². The van der Waals surface area contributed by atoms with Crippen LogP contribution in [0.5, 0.6) is 0 Å². The number of oxime groups is 1. The molecule has 2 heterocycles. The molecule has 0 aromatic heterocycles. The molecule has 2 aliphatic rings. The Balaban J connectivity index is 2.05. The number of hydrogen-bond acceptors (Lipinski definition) is 7. The van der Waals surface area contributed by atoms with Gasteiger partial charge in [0.2, 0.25) is 11.5 Å². The fourth-order valence-corrected chi connectivity index (χ4v) is 3.45. The summed E-state index contributed by atoms with van der Waals surface area (Å²) in [6.07, 6.45) is 1.24. The molecule has 11 heteroatoms. The Kier molecular flexibility index (Phi) is 4.86. The molecular weight excluding hydrogens is 382 g/mol. The lowest BCUT2D eigenvalue weighted by Gasteiger charge is -2.46. The van der Waals surface area contributed by atoms with Gasteiger partial charge in [0.05, 0.1) is 10.9 Å². The summed E-state index contributed by atoms with van der Waals surface area (Å²) >= 11 is 4.03. The van der Waals surface area contributed by atoms with Gasteiger partial charge in [-0.25, -0.2) is 4.79 Å². The molecule has 2 rings (SSSR count). The second kappa shape index (κ2) is 6.48. The summed E-state index contributed by atoms with van der Waals surface area (Å²) in [6.45, 7) is 0. The Morgan fingerprint density at radius 2 is 2.18 bits per heavy atom. The number of β-lactam (4-membered cyclic amide) rings is 1. The number of carboxylic acids is 1. The molecule has 0 radical (unpaired) electrons. The molecule has 0 spiro atoms. The summed E-state index contributed by atoms with van der Waals surface area (Å²) < 4.78 is 0. The number of carbonyl (C=O) groups excluding carboxylic acids is 3. The van der Waals surface area contributed by atoms with Gasteiger partial charge < -0.3 is 20.5 Å². The van der Waals surface area contributed by atoms with Gasteiger partial charge in [0, 0.05) is 12.0 Å². The van der Waals surface area contributed by atoms with E-state index >= 15 is 0 Å². The third-order valence-corrected chi connectivity index (χ3v) is 4.87. The van der Waals surface area contributed by atoms with Crippen LogP contribution in [0.1, 0.15) is 0 Å². The van der Waals surface area contributed by atoms with E-state index in [2.05, 4.69) is 26.4 Å². The predicted molar refractivity (Wildman–Crippen MR) is 78.8 cm³/mol. The van der Waals surface area contributed by atoms with E-state index in [1.807, 2.05) is 0 Å². The summed E-state index contributed by atoms with van der Waals surface area (Å²) in [5.41, 5.74) is -0.614. The van der Waals surface area contributed by atoms with Gasteiger partial charge in [-0.2, -0.15) is 0 Å². The molecule has 2 aliphatic heterocycles. The molecule has 0 bridgehead atoms. The fraction of sp³-hybridized carbons (Fsp3) is 0.364. The van der Waals surface area contributed by atoms with Crippen LogP contribution in [0.25, 0.3) is 0 Å². The zero-order valence-electron chi connectivity index (χ0n) is 10.9. The number of fused-ring (bicyclic) bond motifs is 1. The molecule has 22 heavy (non-hydrogen) atoms. The van der Waals surface area contributed by atoms with Crippen molar-refractivity contribution in [2.45, 2.75) is 11.4 Å². The highest BCUT2D eigenvalue weighted by Crippen LogP contribution is 2.36. The van der Waals surface area contributed by atoms with Crippen LogP contribution in [0.15, 0.2) is 16.9 Å². The molecular formula is C11H10BrN3O6S. The van der Waals surface area contributed by atoms with Crippen molar-refractivity contribution in [3.63, 3.8) is 0 Å². The quantitative estimate of drug-likeness (QED) is 0.138. The molecule has 9 nitrogen and oxygen atoms in total. The Labute approximate surface area is 136 Å². The summed E-state index contributed by atoms with van der Waals surface area (Å²) in [7, 11) is 0. The number of thioether (sulfide) groups is 1. The average molecular weight is 392 g/mol. The maximum absolute atomic E-state index is 11.9. The van der Waals surface area contributed by atoms with Crippen LogP contribution in [0.2, 0.25) is 0 Å². The van der Waals surface area contributed by atoms with Crippen LogP contribution in [0.4, 0.5) is 0 Å². The van der Waals surface area contributed by atoms with Gasteiger partial charge in [0.1, 0.15) is 11.4 Å². The van der Waals surface area contributed by atoms with Crippen molar-refractivity contribution in [1.29, 1.82) is 0 Å². The number of carbonyl (C=O) groups is 4. The van der Waals surface area contributed by atoms with Crippen molar-refractivity contribution in [1.82, 2.24) is 10.2 Å². The van der Waals surface area contributed by atoms with E-state index in [0.29, 0.717) is 0 Å². The van der Waals surface area contributed by atoms with Crippen LogP contribution in [-0.2, 0) is 19.2 Å². The number of Topliss-reactive ketones (excluding diaryl/α,β-unsaturated/α-hetero) is 1. The number of hydrogen-bond donors (Lipinski definition) is 3. The topological polar surface area (TPSA) is 136 Å². The molecule has 3 N–H and O–H groups in total. The second-order valence-corrected chi connectivity index (χ2v) is 6.03. The van der Waals surface area contributed by atoms with Crippen molar-refractivity contribution < 1.29 is 29.5 Å². The number of halogens is 1. The number of rotatable bonds is 5. The van der Waals surface area contributed by atoms with E-state index in [0.717, 1.165) is 0 Å². The lowest BCUT2D eigenvalue weighted by Crippen LogP contribution is -2.69. The van der Waals surface area contributed by atoms with Crippen LogP contribution in [-0.4, -0.2) is 67.0 Å². The highest BCUT2D eigenvalue weighted by Gasteiger charge is 2.50. The summed E-state index contributed by atoms with van der Waals surface area (Å²) in [5.74, 6) is -3.10. The highest BCUT2D eigenvalue weighted by atomic mass is 79.9. The number of carboxylic acid groups (broad SMARTS) is 1. The Hall–Kier alpha value is -1.88. The molecule has 0 aliphatic carbocycles. The first kappa shape index (κ1) is 16.5. The molecule has 1 saturated heterocycles. The minimum absolute atomic E-state index is 0.0893. The maximum atomic E-state index is 11.9. The number of aliphatic carboxylic acids is 1. The van der Waals surface area contributed by atoms with Gasteiger partial charge >= 0.3 is 5.97 Å². The van der Waals surface area contributed by atoms with Crippen LogP contribution in [0.3, 0.4) is 0 Å². The molecule has 1 fully saturated rings. The third kappa shape index (κ3) is 2.86. The minimum atomic E-state index is -1.11. The van der Waals surface area contributed by atoms with E-state index in [1.54, 1.807) is 0 Å². The number of nitrogens with zero attached hydrogens (tertiary/aromatic N) is 2. The van der Waals surface area contributed by atoms with Gasteiger partial charge in [-0.1, -0.05) is 21.1 Å². The Morgan fingerprint density at radius 1 is 1.50 bits per heavy atom. The number of ketones is 1. The minimum Gasteiger partial charge on any atom is -0.478 e. The largest absolute Gasteiger partial charge is 0.478 e. The summed E-state index contributed by atoms with van der Waals surface area (Å²) in [5, 5.41) is 21.9. The average Bonchev–Trinajstić information content (AvgIpc) is 2.51. The van der Waals surface area contributed by atoms with E-state index < -0.39 is 40.7 Å². The predicted octanol–water partition coefficient (Wildman–Crippen LogP) is -0.851. The zero-order valence-corrected chi connectivity index (χ0v) is 13.3. The van der Waals surface area contributed by atoms with Gasteiger partial charge in [0.15, 0.2) is 0 Å². The highest BCUT2D eigenvalue weighted by molar-refractivity contribution is 9.09. The van der Waals surface area contributed by atoms with E-state index in [9.17, 15) is 19.2 Å². The molecule has 2 amide bonds. The number of nitrogens with one attached hydrogen (secondary N) is 1. The summed E-state index contributed by atoms with van der Waals surface area (Å²) in [4.78, 5) is 47.2. The number of amides is 2. The smallest absolute Gasteiger partial charge is 0.333 e. The third-order valence-electron chi connectivity index (χ3n) is 3.05. The van der Waals surface area contributed by atoms with Crippen LogP contribution < -0.4 is 5.32 Å². The van der Waals surface area contributed by atoms with E-state index in [1.165, 1.54) is 22.9 Å². The maximum Gasteiger partial charge on any atom is 0.333 e. The first-order valence-electron chi connectivity index (χ1n) is 5.90. The molecule has 1 unspecified atom stereocenters. The van der Waals surface area contributed by atoms with Crippen LogP contribution >= 0.6 is 27.7 Å². The molecule has 0 aromatic rings. The second-order valence-electron chi connectivity index (χ2n) is 4.36. The monoisotopic (exact) mass is 391 g/mol. The Bertz CT molecular complexity index is 619. The van der Waals surface area contributed by atoms with Crippen LogP contribution in [0, 0.1) is 0 Å². The lowest BCUT2D eigenvalue weighted by atomic mass is 10.1. The molecule has 0 saturated carbocycles. The molecule has 0 aromatic carbocycles. The number of alkyl halides is 1. The zero-order chi connectivity index (χ0) is 16.4. The van der Waals surface area contributed by atoms with Crippen molar-refractivity contribution in [2.24, 2.45) is 5.16 Å². The SMILES string of the molecule is O=C(O)C1=CN2C(=O)C(NC(=O)C(=NO)C(=O)CBr)[C@H]2SC1. The first-order chi connectivity index (χ1) is 10.4. The molecule has 2 atom stereocenters.